The number of hydrogen-bond donors (Lipinski definition) is 0. The summed E-state index contributed by atoms with van der Waals surface area (Å²) in [5, 5.41) is 0. The number of hydrogen-bond acceptors (Lipinski definition) is 0. The van der Waals surface area contributed by atoms with Gasteiger partial charge in [-0.15, -0.1) is 0 Å². The van der Waals surface area contributed by atoms with Crippen LogP contribution in [0.1, 0.15) is 111 Å². The average Bonchev–Trinajstić information content (AvgIpc) is 3.70. The molecule has 0 N–H and O–H groups in total. The quantitative estimate of drug-likeness (QED) is 0.365. The van der Waals surface area contributed by atoms with Crippen LogP contribution >= 0.6 is 0 Å². The van der Waals surface area contributed by atoms with Crippen LogP contribution in [0, 0.1) is 5.41 Å². The van der Waals surface area contributed by atoms with Gasteiger partial charge in [0.15, 0.2) is 0 Å². The van der Waals surface area contributed by atoms with E-state index in [-0.39, 0.29) is 41.1 Å². The molecule has 0 radical (unpaired) electrons. The Bertz CT molecular complexity index is 1720. The third-order valence-corrected chi connectivity index (χ3v) is 19.0. The third kappa shape index (κ3) is 5.30. The molecule has 0 fully saturated rings. The Labute approximate surface area is 285 Å². The minimum atomic E-state index is -2.56. The maximum atomic E-state index is 2.66. The number of allylic oxidation sites excluding steroid dienone is 6. The van der Waals surface area contributed by atoms with Crippen LogP contribution in [0.4, 0.5) is 0 Å². The minimum Gasteiger partial charge on any atom is -1.00 e. The molecule has 0 saturated heterocycles. The van der Waals surface area contributed by atoms with Crippen molar-refractivity contribution in [2.45, 2.75) is 82.7 Å². The van der Waals surface area contributed by atoms with E-state index in [1.165, 1.54) is 44.5 Å². The van der Waals surface area contributed by atoms with E-state index < -0.39 is 21.3 Å². The second-order valence-electron chi connectivity index (χ2n) is 15.0. The Morgan fingerprint density at radius 3 is 1.77 bits per heavy atom. The second-order valence-corrected chi connectivity index (χ2v) is 21.5. The van der Waals surface area contributed by atoms with E-state index in [1.807, 2.05) is 0 Å². The SMILES string of the molecule is CC/[C](c1ccccc1)=[Zr+2](/[C]1=CC(C(C)(C)C)=CC1)[CH]1c2cc3c(cc2-c2cc4c(cc21)C(C)(C)C=C4)C=CC3(C)C.[Cl-].[Cl-]. The Kier molecular flexibility index (Phi) is 8.81. The molecule has 4 aliphatic carbocycles. The maximum Gasteiger partial charge on any atom is -1.00 e. The van der Waals surface area contributed by atoms with Crippen molar-refractivity contribution in [2.24, 2.45) is 5.41 Å². The normalized spacial score (nSPS) is 18.4. The summed E-state index contributed by atoms with van der Waals surface area (Å²) in [6, 6.07) is 21.8. The number of benzene rings is 3. The predicted molar refractivity (Wildman–Crippen MR) is 179 cm³/mol. The van der Waals surface area contributed by atoms with Crippen molar-refractivity contribution < 1.29 is 46.1 Å². The molecule has 226 valence electrons. The summed E-state index contributed by atoms with van der Waals surface area (Å²) >= 11 is -2.56. The van der Waals surface area contributed by atoms with Crippen LogP contribution in [0.2, 0.25) is 0 Å². The molecule has 0 nitrogen and oxygen atoms in total. The number of rotatable bonds is 4. The molecule has 3 heteroatoms. The fourth-order valence-corrected chi connectivity index (χ4v) is 16.9. The molecule has 4 aliphatic rings. The van der Waals surface area contributed by atoms with Gasteiger partial charge in [0.1, 0.15) is 0 Å². The van der Waals surface area contributed by atoms with Crippen molar-refractivity contribution in [1.82, 2.24) is 0 Å². The zero-order chi connectivity index (χ0) is 29.6. The molecule has 0 saturated carbocycles. The van der Waals surface area contributed by atoms with Crippen molar-refractivity contribution in [3.8, 4) is 11.1 Å². The summed E-state index contributed by atoms with van der Waals surface area (Å²) in [7, 11) is 0. The predicted octanol–water partition coefficient (Wildman–Crippen LogP) is 4.88. The molecule has 0 heterocycles. The van der Waals surface area contributed by atoms with Crippen LogP contribution in [-0.2, 0) is 32.1 Å². The van der Waals surface area contributed by atoms with Gasteiger partial charge in [0.05, 0.1) is 0 Å². The Hall–Kier alpha value is -2.05. The Morgan fingerprint density at radius 1 is 0.795 bits per heavy atom. The van der Waals surface area contributed by atoms with Crippen molar-refractivity contribution in [3.05, 3.63) is 127 Å². The smallest absolute Gasteiger partial charge is 1.00 e. The first kappa shape index (κ1) is 33.3. The van der Waals surface area contributed by atoms with Crippen LogP contribution in [0.25, 0.3) is 23.3 Å². The van der Waals surface area contributed by atoms with Crippen molar-refractivity contribution in [1.29, 1.82) is 0 Å². The first-order valence-electron chi connectivity index (χ1n) is 15.8. The molecule has 0 unspecified atom stereocenters. The van der Waals surface area contributed by atoms with E-state index >= 15 is 0 Å². The van der Waals surface area contributed by atoms with Crippen LogP contribution in [0.3, 0.4) is 0 Å². The van der Waals surface area contributed by atoms with E-state index in [1.54, 1.807) is 17.6 Å². The summed E-state index contributed by atoms with van der Waals surface area (Å²) in [5.74, 6) is 0. The second kappa shape index (κ2) is 11.6. The van der Waals surface area contributed by atoms with Gasteiger partial charge in [0.2, 0.25) is 0 Å². The van der Waals surface area contributed by atoms with E-state index in [4.69, 9.17) is 0 Å². The van der Waals surface area contributed by atoms with Crippen molar-refractivity contribution in [2.75, 3.05) is 0 Å². The molecule has 0 amide bonds. The van der Waals surface area contributed by atoms with E-state index in [2.05, 4.69) is 146 Å². The van der Waals surface area contributed by atoms with E-state index in [0.29, 0.717) is 3.63 Å². The van der Waals surface area contributed by atoms with Crippen molar-refractivity contribution >= 4 is 15.4 Å². The molecule has 0 atom stereocenters. The molecule has 0 aliphatic heterocycles. The molecule has 44 heavy (non-hydrogen) atoms. The van der Waals surface area contributed by atoms with Gasteiger partial charge in [0, 0.05) is 0 Å². The van der Waals surface area contributed by atoms with Crippen LogP contribution in [-0.4, -0.2) is 3.21 Å². The Balaban J connectivity index is 0.00000192. The van der Waals surface area contributed by atoms with Gasteiger partial charge in [-0.1, -0.05) is 0 Å². The van der Waals surface area contributed by atoms with Gasteiger partial charge in [-0.05, 0) is 0 Å². The topological polar surface area (TPSA) is 0 Å². The first-order valence-corrected chi connectivity index (χ1v) is 19.7. The standard InChI is InChI=1S/C23H21.C9H13.C9H10.2ClH.Zr/c1-22(2)7-5-14-10-18-16(12-20(14)22)9-17-13-21-15(11-19(17)18)6-8-23(21,3)4;1-9(2,3)8-6-4-5-7-8;1-2-6-9-7-4-3-5-8-9;;;/h5-13H,1-4H3;6-7H,4H2,1-3H3;3-5,7-8H,2H2,1H3;2*1H;/q;;;;;+2/p-2. The molecule has 3 aromatic rings. The average molecular weight is 699 g/mol. The van der Waals surface area contributed by atoms with Gasteiger partial charge in [0.25, 0.3) is 0 Å². The monoisotopic (exact) mass is 696 g/mol. The molecule has 3 aromatic carbocycles. The van der Waals surface area contributed by atoms with Crippen LogP contribution in [0.15, 0.2) is 87.8 Å². The fraction of sp³-hybridized carbons (Fsp3) is 0.341. The zero-order valence-corrected chi connectivity index (χ0v) is 31.4. The zero-order valence-electron chi connectivity index (χ0n) is 27.4. The molecular formula is C41H44Cl2Zr. The molecule has 0 bridgehead atoms. The summed E-state index contributed by atoms with van der Waals surface area (Å²) in [5.41, 5.74) is 15.3. The Morgan fingerprint density at radius 2 is 1.32 bits per heavy atom. The first-order chi connectivity index (χ1) is 19.9. The maximum absolute atomic E-state index is 2.66. The third-order valence-electron chi connectivity index (χ3n) is 10.3. The molecular weight excluding hydrogens is 655 g/mol. The molecule has 7 rings (SSSR count). The minimum absolute atomic E-state index is 0. The summed E-state index contributed by atoms with van der Waals surface area (Å²) in [4.78, 5) is 0. The van der Waals surface area contributed by atoms with Gasteiger partial charge in [-0.2, -0.15) is 0 Å². The summed E-state index contributed by atoms with van der Waals surface area (Å²) < 4.78 is 4.00. The fourth-order valence-electron chi connectivity index (χ4n) is 7.84. The largest absolute Gasteiger partial charge is 1.00 e. The van der Waals surface area contributed by atoms with E-state index in [9.17, 15) is 0 Å². The van der Waals surface area contributed by atoms with Gasteiger partial charge in [-0.3, -0.25) is 0 Å². The molecule has 0 spiro atoms. The molecule has 0 aromatic heterocycles. The van der Waals surface area contributed by atoms with Crippen LogP contribution < -0.4 is 24.8 Å². The van der Waals surface area contributed by atoms with Gasteiger partial charge in [-0.25, -0.2) is 0 Å². The number of fused-ring (bicyclic) bond motifs is 5. The van der Waals surface area contributed by atoms with Gasteiger partial charge >= 0.3 is 263 Å². The number of halogens is 2. The summed E-state index contributed by atoms with van der Waals surface area (Å²) in [6.07, 6.45) is 17.0. The van der Waals surface area contributed by atoms with E-state index in [0.717, 1.165) is 12.8 Å². The summed E-state index contributed by atoms with van der Waals surface area (Å²) in [6.45, 7) is 19.1. The van der Waals surface area contributed by atoms with Crippen molar-refractivity contribution in [3.63, 3.8) is 0 Å². The van der Waals surface area contributed by atoms with Gasteiger partial charge < -0.3 is 24.8 Å². The van der Waals surface area contributed by atoms with Crippen LogP contribution in [0.5, 0.6) is 0 Å².